The largest absolute Gasteiger partial charge is 0.399 e. The number of carbonyl (C=O) groups is 1. The van der Waals surface area contributed by atoms with Gasteiger partial charge in [-0.2, -0.15) is 0 Å². The smallest absolute Gasteiger partial charge is 0.250 e. The van der Waals surface area contributed by atoms with Gasteiger partial charge in [-0.1, -0.05) is 0 Å². The Kier molecular flexibility index (Phi) is 3.19. The molecule has 0 spiro atoms. The Morgan fingerprint density at radius 2 is 1.88 bits per heavy atom. The summed E-state index contributed by atoms with van der Waals surface area (Å²) in [6.07, 6.45) is 0. The van der Waals surface area contributed by atoms with Gasteiger partial charge in [0.25, 0.3) is 5.91 Å². The quantitative estimate of drug-likeness (QED) is 0.713. The predicted octanol–water partition coefficient (Wildman–Crippen LogP) is 0.120. The van der Waals surface area contributed by atoms with Crippen LogP contribution in [0, 0.1) is 0 Å². The number of piperazine rings is 1. The first-order chi connectivity index (χ1) is 8.08. The van der Waals surface area contributed by atoms with Crippen LogP contribution < -0.4 is 16.4 Å². The normalized spacial score (nSPS) is 17.1. The third kappa shape index (κ3) is 2.50. The van der Waals surface area contributed by atoms with Crippen molar-refractivity contribution in [2.45, 2.75) is 0 Å². The zero-order chi connectivity index (χ0) is 12.4. The minimum atomic E-state index is -0.425. The van der Waals surface area contributed by atoms with Gasteiger partial charge < -0.3 is 21.3 Å². The average molecular weight is 234 g/mol. The van der Waals surface area contributed by atoms with Crippen LogP contribution in [-0.4, -0.2) is 44.0 Å². The molecule has 17 heavy (non-hydrogen) atoms. The molecule has 0 bridgehead atoms. The van der Waals surface area contributed by atoms with E-state index in [0.29, 0.717) is 11.3 Å². The molecule has 0 unspecified atom stereocenters. The molecule has 1 aliphatic heterocycles. The molecule has 0 aromatic heterocycles. The number of benzene rings is 1. The summed E-state index contributed by atoms with van der Waals surface area (Å²) in [5.41, 5.74) is 13.0. The van der Waals surface area contributed by atoms with Crippen molar-refractivity contribution < 1.29 is 4.79 Å². The number of rotatable bonds is 2. The highest BCUT2D eigenvalue weighted by atomic mass is 16.1. The number of likely N-dealkylation sites (N-methyl/N-ethyl adjacent to an activating group) is 1. The van der Waals surface area contributed by atoms with Gasteiger partial charge >= 0.3 is 0 Å². The Bertz CT molecular complexity index is 425. The maximum Gasteiger partial charge on any atom is 0.250 e. The summed E-state index contributed by atoms with van der Waals surface area (Å²) < 4.78 is 0. The molecule has 0 atom stereocenters. The Morgan fingerprint density at radius 3 is 2.47 bits per heavy atom. The summed E-state index contributed by atoms with van der Waals surface area (Å²) in [6.45, 7) is 3.78. The molecule has 2 rings (SSSR count). The Balaban J connectivity index is 2.28. The third-order valence-electron chi connectivity index (χ3n) is 3.13. The first kappa shape index (κ1) is 11.7. The van der Waals surface area contributed by atoms with Crippen LogP contribution in [0.1, 0.15) is 10.4 Å². The van der Waals surface area contributed by atoms with Crippen molar-refractivity contribution >= 4 is 17.3 Å². The second-order valence-electron chi connectivity index (χ2n) is 4.43. The number of carbonyl (C=O) groups excluding carboxylic acids is 1. The molecule has 5 heteroatoms. The lowest BCUT2D eigenvalue weighted by molar-refractivity contribution is 0.100. The highest BCUT2D eigenvalue weighted by molar-refractivity contribution is 5.99. The van der Waals surface area contributed by atoms with Gasteiger partial charge in [-0.25, -0.2) is 0 Å². The van der Waals surface area contributed by atoms with Crippen LogP contribution in [0.15, 0.2) is 18.2 Å². The van der Waals surface area contributed by atoms with E-state index in [1.54, 1.807) is 12.1 Å². The Hall–Kier alpha value is -1.75. The first-order valence-corrected chi connectivity index (χ1v) is 5.71. The molecule has 0 saturated carbocycles. The second kappa shape index (κ2) is 4.63. The number of hydrogen-bond donors (Lipinski definition) is 2. The van der Waals surface area contributed by atoms with Gasteiger partial charge in [0.2, 0.25) is 0 Å². The van der Waals surface area contributed by atoms with Gasteiger partial charge in [-0.3, -0.25) is 4.79 Å². The Labute approximate surface area is 101 Å². The van der Waals surface area contributed by atoms with Gasteiger partial charge in [-0.15, -0.1) is 0 Å². The van der Waals surface area contributed by atoms with Crippen LogP contribution in [0.2, 0.25) is 0 Å². The van der Waals surface area contributed by atoms with Crippen molar-refractivity contribution in [3.8, 4) is 0 Å². The van der Waals surface area contributed by atoms with E-state index in [2.05, 4.69) is 16.8 Å². The van der Waals surface area contributed by atoms with Gasteiger partial charge in [0.1, 0.15) is 0 Å². The molecule has 1 aromatic rings. The fourth-order valence-corrected chi connectivity index (χ4v) is 2.07. The third-order valence-corrected chi connectivity index (χ3v) is 3.13. The highest BCUT2D eigenvalue weighted by Crippen LogP contribution is 2.23. The van der Waals surface area contributed by atoms with E-state index < -0.39 is 5.91 Å². The average Bonchev–Trinajstić information content (AvgIpc) is 2.30. The van der Waals surface area contributed by atoms with Crippen molar-refractivity contribution in [1.29, 1.82) is 0 Å². The fourth-order valence-electron chi connectivity index (χ4n) is 2.07. The molecule has 1 heterocycles. The summed E-state index contributed by atoms with van der Waals surface area (Å²) in [7, 11) is 2.09. The first-order valence-electron chi connectivity index (χ1n) is 5.71. The molecule has 0 aliphatic carbocycles. The maximum absolute atomic E-state index is 11.4. The van der Waals surface area contributed by atoms with Crippen LogP contribution in [0.25, 0.3) is 0 Å². The summed E-state index contributed by atoms with van der Waals surface area (Å²) in [5, 5.41) is 0. The Morgan fingerprint density at radius 1 is 1.24 bits per heavy atom. The van der Waals surface area contributed by atoms with Crippen LogP contribution in [-0.2, 0) is 0 Å². The molecule has 1 saturated heterocycles. The SMILES string of the molecule is CN1CCN(c2ccc(N)cc2C(N)=O)CC1. The zero-order valence-electron chi connectivity index (χ0n) is 10.0. The van der Waals surface area contributed by atoms with Crippen LogP contribution in [0.5, 0.6) is 0 Å². The van der Waals surface area contributed by atoms with Crippen LogP contribution in [0.4, 0.5) is 11.4 Å². The number of amides is 1. The van der Waals surface area contributed by atoms with E-state index in [1.807, 2.05) is 6.07 Å². The number of anilines is 2. The van der Waals surface area contributed by atoms with Crippen LogP contribution >= 0.6 is 0 Å². The predicted molar refractivity (Wildman–Crippen MR) is 69.1 cm³/mol. The summed E-state index contributed by atoms with van der Waals surface area (Å²) in [4.78, 5) is 15.9. The summed E-state index contributed by atoms with van der Waals surface area (Å²) in [6, 6.07) is 5.33. The maximum atomic E-state index is 11.4. The minimum absolute atomic E-state index is 0.425. The number of primary amides is 1. The second-order valence-corrected chi connectivity index (χ2v) is 4.43. The van der Waals surface area contributed by atoms with E-state index in [0.717, 1.165) is 31.9 Å². The molecule has 5 nitrogen and oxygen atoms in total. The van der Waals surface area contributed by atoms with Crippen molar-refractivity contribution in [1.82, 2.24) is 4.90 Å². The van der Waals surface area contributed by atoms with Gasteiger partial charge in [0.15, 0.2) is 0 Å². The van der Waals surface area contributed by atoms with Gasteiger partial charge in [0.05, 0.1) is 5.56 Å². The molecular formula is C12H18N4O. The zero-order valence-corrected chi connectivity index (χ0v) is 10.0. The summed E-state index contributed by atoms with van der Waals surface area (Å²) >= 11 is 0. The van der Waals surface area contributed by atoms with E-state index >= 15 is 0 Å². The lowest BCUT2D eigenvalue weighted by atomic mass is 10.1. The molecule has 1 fully saturated rings. The highest BCUT2D eigenvalue weighted by Gasteiger charge is 2.18. The standard InChI is InChI=1S/C12H18N4O/c1-15-4-6-16(7-5-15)11-3-2-9(13)8-10(11)12(14)17/h2-3,8H,4-7,13H2,1H3,(H2,14,17). The van der Waals surface area contributed by atoms with Crippen molar-refractivity contribution in [2.75, 3.05) is 43.9 Å². The molecule has 0 radical (unpaired) electrons. The van der Waals surface area contributed by atoms with Crippen molar-refractivity contribution in [2.24, 2.45) is 5.73 Å². The van der Waals surface area contributed by atoms with E-state index in [9.17, 15) is 4.79 Å². The van der Waals surface area contributed by atoms with Crippen molar-refractivity contribution in [3.05, 3.63) is 23.8 Å². The van der Waals surface area contributed by atoms with E-state index in [-0.39, 0.29) is 0 Å². The van der Waals surface area contributed by atoms with Crippen LogP contribution in [0.3, 0.4) is 0 Å². The van der Waals surface area contributed by atoms with Gasteiger partial charge in [-0.05, 0) is 25.2 Å². The lowest BCUT2D eigenvalue weighted by Gasteiger charge is -2.34. The van der Waals surface area contributed by atoms with E-state index in [1.165, 1.54) is 0 Å². The molecule has 4 N–H and O–H groups in total. The number of nitrogen functional groups attached to an aromatic ring is 1. The number of nitrogens with zero attached hydrogens (tertiary/aromatic N) is 2. The number of nitrogens with two attached hydrogens (primary N) is 2. The molecule has 1 amide bonds. The molecule has 1 aliphatic rings. The molecule has 92 valence electrons. The topological polar surface area (TPSA) is 75.6 Å². The fraction of sp³-hybridized carbons (Fsp3) is 0.417. The lowest BCUT2D eigenvalue weighted by Crippen LogP contribution is -2.45. The summed E-state index contributed by atoms with van der Waals surface area (Å²) in [5.74, 6) is -0.425. The monoisotopic (exact) mass is 234 g/mol. The van der Waals surface area contributed by atoms with E-state index in [4.69, 9.17) is 11.5 Å². The van der Waals surface area contributed by atoms with Crippen molar-refractivity contribution in [3.63, 3.8) is 0 Å². The molecule has 1 aromatic carbocycles. The van der Waals surface area contributed by atoms with Gasteiger partial charge in [0, 0.05) is 37.6 Å². The molecular weight excluding hydrogens is 216 g/mol. The number of hydrogen-bond acceptors (Lipinski definition) is 4. The minimum Gasteiger partial charge on any atom is -0.399 e.